The molecule has 12 nitrogen and oxygen atoms in total. The summed E-state index contributed by atoms with van der Waals surface area (Å²) in [5, 5.41) is 79.1. The third-order valence-corrected chi connectivity index (χ3v) is 5.29. The minimum atomic E-state index is -1.80. The lowest BCUT2D eigenvalue weighted by Crippen LogP contribution is -2.58. The average molecular weight is 464 g/mol. The molecule has 1 aromatic heterocycles. The quantitative estimate of drug-likeness (QED) is 0.244. The Labute approximate surface area is 184 Å². The molecular formula is C21H20O12. The topological polar surface area (TPSA) is 211 Å². The van der Waals surface area contributed by atoms with E-state index >= 15 is 0 Å². The fourth-order valence-corrected chi connectivity index (χ4v) is 3.53. The van der Waals surface area contributed by atoms with E-state index in [1.165, 1.54) is 6.92 Å². The van der Waals surface area contributed by atoms with Gasteiger partial charge in [0.2, 0.25) is 17.5 Å². The summed E-state index contributed by atoms with van der Waals surface area (Å²) in [6.07, 6.45) is -7.59. The van der Waals surface area contributed by atoms with Crippen LogP contribution in [-0.4, -0.2) is 71.6 Å². The third-order valence-electron chi connectivity index (χ3n) is 5.29. The van der Waals surface area contributed by atoms with E-state index in [4.69, 9.17) is 13.9 Å². The molecule has 176 valence electrons. The van der Waals surface area contributed by atoms with Gasteiger partial charge in [-0.15, -0.1) is 0 Å². The number of ether oxygens (including phenoxy) is 2. The van der Waals surface area contributed by atoms with Gasteiger partial charge in [-0.1, -0.05) is 0 Å². The number of benzene rings is 2. The molecule has 2 aromatic carbocycles. The molecule has 1 aliphatic rings. The van der Waals surface area contributed by atoms with Crippen LogP contribution in [0.1, 0.15) is 6.92 Å². The molecule has 1 saturated heterocycles. The zero-order valence-corrected chi connectivity index (χ0v) is 16.9. The molecule has 8 N–H and O–H groups in total. The number of hydrogen-bond donors (Lipinski definition) is 8. The second-order valence-corrected chi connectivity index (χ2v) is 7.59. The normalized spacial score (nSPS) is 25.3. The molecule has 33 heavy (non-hydrogen) atoms. The molecule has 0 spiro atoms. The van der Waals surface area contributed by atoms with Crippen LogP contribution in [0.4, 0.5) is 0 Å². The lowest BCUT2D eigenvalue weighted by atomic mass is 10.00. The van der Waals surface area contributed by atoms with Crippen LogP contribution in [0.2, 0.25) is 0 Å². The molecule has 0 unspecified atom stereocenters. The fourth-order valence-electron chi connectivity index (χ4n) is 3.53. The van der Waals surface area contributed by atoms with Gasteiger partial charge in [0.05, 0.1) is 6.10 Å². The van der Waals surface area contributed by atoms with Crippen LogP contribution >= 0.6 is 0 Å². The highest BCUT2D eigenvalue weighted by Crippen LogP contribution is 2.43. The van der Waals surface area contributed by atoms with Crippen LogP contribution in [0.15, 0.2) is 33.5 Å². The molecule has 0 bridgehead atoms. The van der Waals surface area contributed by atoms with Crippen molar-refractivity contribution in [3.63, 3.8) is 0 Å². The van der Waals surface area contributed by atoms with Crippen molar-refractivity contribution in [2.24, 2.45) is 0 Å². The van der Waals surface area contributed by atoms with E-state index in [-0.39, 0.29) is 11.1 Å². The molecule has 1 fully saturated rings. The lowest BCUT2D eigenvalue weighted by molar-refractivity contribution is -0.268. The number of phenolic OH excluding ortho intramolecular Hbond substituents is 5. The van der Waals surface area contributed by atoms with Crippen molar-refractivity contribution in [2.75, 3.05) is 0 Å². The molecule has 5 atom stereocenters. The van der Waals surface area contributed by atoms with Gasteiger partial charge in [-0.25, -0.2) is 0 Å². The second-order valence-electron chi connectivity index (χ2n) is 7.59. The second kappa shape index (κ2) is 8.01. The Kier molecular flexibility index (Phi) is 5.46. The monoisotopic (exact) mass is 464 g/mol. The molecular weight excluding hydrogens is 444 g/mol. The van der Waals surface area contributed by atoms with Crippen molar-refractivity contribution in [2.45, 2.75) is 37.6 Å². The van der Waals surface area contributed by atoms with Crippen molar-refractivity contribution in [3.8, 4) is 45.8 Å². The minimum Gasteiger partial charge on any atom is -0.508 e. The predicted octanol–water partition coefficient (Wildman–Crippen LogP) is 0.194. The van der Waals surface area contributed by atoms with E-state index in [2.05, 4.69) is 0 Å². The Morgan fingerprint density at radius 1 is 0.848 bits per heavy atom. The maximum Gasteiger partial charge on any atom is 0.239 e. The first-order valence-corrected chi connectivity index (χ1v) is 9.64. The first-order chi connectivity index (χ1) is 15.5. The summed E-state index contributed by atoms with van der Waals surface area (Å²) < 4.78 is 16.5. The fraction of sp³-hybridized carbons (Fsp3) is 0.286. The average Bonchev–Trinajstić information content (AvgIpc) is 2.74. The van der Waals surface area contributed by atoms with Gasteiger partial charge in [0.1, 0.15) is 40.8 Å². The SMILES string of the molecule is C[C@@H]1O[C@@H](Oc2c(-c3cc(O)c(O)c(O)c3)oc3cc(O)cc(O)c3c2=O)[C@H](O)[C@H](O)[C@H]1O. The summed E-state index contributed by atoms with van der Waals surface area (Å²) in [5.74, 6) is -4.55. The summed E-state index contributed by atoms with van der Waals surface area (Å²) in [4.78, 5) is 13.2. The molecule has 12 heteroatoms. The zero-order valence-electron chi connectivity index (χ0n) is 16.9. The van der Waals surface area contributed by atoms with Gasteiger partial charge in [-0.05, 0) is 19.1 Å². The van der Waals surface area contributed by atoms with Gasteiger partial charge < -0.3 is 54.7 Å². The van der Waals surface area contributed by atoms with Gasteiger partial charge in [-0.3, -0.25) is 4.79 Å². The molecule has 2 heterocycles. The van der Waals surface area contributed by atoms with Crippen molar-refractivity contribution >= 4 is 11.0 Å². The van der Waals surface area contributed by atoms with E-state index in [0.717, 1.165) is 24.3 Å². The highest BCUT2D eigenvalue weighted by molar-refractivity contribution is 5.88. The summed E-state index contributed by atoms with van der Waals surface area (Å²) in [7, 11) is 0. The van der Waals surface area contributed by atoms with Crippen LogP contribution in [-0.2, 0) is 4.74 Å². The third kappa shape index (κ3) is 3.74. The van der Waals surface area contributed by atoms with Gasteiger partial charge in [0.15, 0.2) is 23.0 Å². The molecule has 3 aromatic rings. The highest BCUT2D eigenvalue weighted by Gasteiger charge is 2.44. The van der Waals surface area contributed by atoms with E-state index in [9.17, 15) is 45.6 Å². The number of hydrogen-bond acceptors (Lipinski definition) is 12. The summed E-state index contributed by atoms with van der Waals surface area (Å²) in [5.41, 5.74) is -1.45. The molecule has 0 aliphatic carbocycles. The van der Waals surface area contributed by atoms with Gasteiger partial charge in [0.25, 0.3) is 0 Å². The Bertz CT molecular complexity index is 1260. The number of rotatable bonds is 3. The van der Waals surface area contributed by atoms with Crippen LogP contribution < -0.4 is 10.2 Å². The maximum absolute atomic E-state index is 13.2. The summed E-state index contributed by atoms with van der Waals surface area (Å²) >= 11 is 0. The minimum absolute atomic E-state index is 0.168. The Balaban J connectivity index is 1.95. The number of aromatic hydroxyl groups is 5. The van der Waals surface area contributed by atoms with Crippen LogP contribution in [0, 0.1) is 0 Å². The van der Waals surface area contributed by atoms with Crippen molar-refractivity contribution in [1.82, 2.24) is 0 Å². The molecule has 0 radical (unpaired) electrons. The number of aliphatic hydroxyl groups excluding tert-OH is 3. The predicted molar refractivity (Wildman–Crippen MR) is 109 cm³/mol. The van der Waals surface area contributed by atoms with Crippen LogP contribution in [0.25, 0.3) is 22.3 Å². The van der Waals surface area contributed by atoms with Crippen molar-refractivity contribution < 1.29 is 54.7 Å². The van der Waals surface area contributed by atoms with E-state index in [1.807, 2.05) is 0 Å². The zero-order chi connectivity index (χ0) is 24.2. The van der Waals surface area contributed by atoms with Crippen molar-refractivity contribution in [3.05, 3.63) is 34.5 Å². The molecule has 0 amide bonds. The lowest BCUT2D eigenvalue weighted by Gasteiger charge is -2.38. The largest absolute Gasteiger partial charge is 0.508 e. The molecule has 0 saturated carbocycles. The van der Waals surface area contributed by atoms with Crippen molar-refractivity contribution in [1.29, 1.82) is 0 Å². The maximum atomic E-state index is 13.2. The Morgan fingerprint density at radius 3 is 2.12 bits per heavy atom. The van der Waals surface area contributed by atoms with E-state index < -0.39 is 81.8 Å². The van der Waals surface area contributed by atoms with E-state index in [1.54, 1.807) is 0 Å². The first kappa shape index (κ1) is 22.5. The first-order valence-electron chi connectivity index (χ1n) is 9.64. The molecule has 4 rings (SSSR count). The van der Waals surface area contributed by atoms with Gasteiger partial charge in [-0.2, -0.15) is 0 Å². The Hall–Kier alpha value is -3.71. The van der Waals surface area contributed by atoms with Gasteiger partial charge in [0, 0.05) is 17.7 Å². The van der Waals surface area contributed by atoms with E-state index in [0.29, 0.717) is 0 Å². The number of aliphatic hydroxyl groups is 3. The highest BCUT2D eigenvalue weighted by atomic mass is 16.7. The smallest absolute Gasteiger partial charge is 0.239 e. The Morgan fingerprint density at radius 2 is 1.48 bits per heavy atom. The standard InChI is InChI=1S/C21H20O12/c1-6-14(26)17(29)18(30)21(31-6)33-20-16(28)13-9(23)4-8(22)5-12(13)32-19(20)7-2-10(24)15(27)11(25)3-7/h2-6,14,17-18,21-27,29-30H,1H3/t6-,14-,17+,18+,21-/m0/s1. The number of phenols is 5. The van der Waals surface area contributed by atoms with Crippen LogP contribution in [0.3, 0.4) is 0 Å². The van der Waals surface area contributed by atoms with Crippen LogP contribution in [0.5, 0.6) is 34.5 Å². The summed E-state index contributed by atoms with van der Waals surface area (Å²) in [6, 6.07) is 3.79. The number of fused-ring (bicyclic) bond motifs is 1. The summed E-state index contributed by atoms with van der Waals surface area (Å²) in [6.45, 7) is 1.39. The molecule has 1 aliphatic heterocycles. The van der Waals surface area contributed by atoms with Gasteiger partial charge >= 0.3 is 0 Å².